The number of nitrogens with two attached hydrogens (primary N) is 1. The molecule has 1 aliphatic heterocycles. The second-order valence-corrected chi connectivity index (χ2v) is 5.24. The molecule has 2 heterocycles. The third-order valence-electron chi connectivity index (χ3n) is 3.78. The van der Waals surface area contributed by atoms with Crippen molar-refractivity contribution in [3.8, 4) is 0 Å². The third-order valence-corrected chi connectivity index (χ3v) is 3.78. The molecule has 0 aliphatic carbocycles. The van der Waals surface area contributed by atoms with E-state index in [1.54, 1.807) is 0 Å². The first-order chi connectivity index (χ1) is 9.22. The van der Waals surface area contributed by atoms with Gasteiger partial charge in [0.05, 0.1) is 24.1 Å². The van der Waals surface area contributed by atoms with Crippen molar-refractivity contribution in [3.63, 3.8) is 0 Å². The molecule has 1 aromatic heterocycles. The average molecular weight is 266 g/mol. The monoisotopic (exact) mass is 266 g/mol. The van der Waals surface area contributed by atoms with Gasteiger partial charge in [0.15, 0.2) is 0 Å². The van der Waals surface area contributed by atoms with Gasteiger partial charge in [0.25, 0.3) is 0 Å². The molecule has 0 amide bonds. The summed E-state index contributed by atoms with van der Waals surface area (Å²) in [6.07, 6.45) is 3.62. The molecule has 2 rings (SSSR count). The van der Waals surface area contributed by atoms with Crippen LogP contribution < -0.4 is 5.73 Å². The van der Waals surface area contributed by atoms with Crippen molar-refractivity contribution in [1.82, 2.24) is 14.7 Å². The van der Waals surface area contributed by atoms with Crippen LogP contribution >= 0.6 is 0 Å². The van der Waals surface area contributed by atoms with Gasteiger partial charge in [0, 0.05) is 33.2 Å². The molecule has 19 heavy (non-hydrogen) atoms. The molecule has 1 fully saturated rings. The van der Waals surface area contributed by atoms with E-state index in [0.29, 0.717) is 19.3 Å². The van der Waals surface area contributed by atoms with Crippen LogP contribution in [0.3, 0.4) is 0 Å². The largest absolute Gasteiger partial charge is 0.377 e. The first-order valence-corrected chi connectivity index (χ1v) is 7.28. The topological polar surface area (TPSA) is 56.3 Å². The zero-order valence-corrected chi connectivity index (χ0v) is 12.1. The Labute approximate surface area is 115 Å². The van der Waals surface area contributed by atoms with Gasteiger partial charge in [-0.15, -0.1) is 0 Å². The SMILES string of the molecule is CCc1cc(CN2CCC(OCCN)CC2)n(C)n1. The summed E-state index contributed by atoms with van der Waals surface area (Å²) in [4.78, 5) is 2.48. The van der Waals surface area contributed by atoms with Gasteiger partial charge < -0.3 is 10.5 Å². The number of rotatable bonds is 6. The Bertz CT molecular complexity index is 383. The van der Waals surface area contributed by atoms with Crippen LogP contribution in [-0.4, -0.2) is 47.0 Å². The number of likely N-dealkylation sites (tertiary alicyclic amines) is 1. The van der Waals surface area contributed by atoms with Crippen LogP contribution in [0.15, 0.2) is 6.07 Å². The van der Waals surface area contributed by atoms with Crippen molar-refractivity contribution in [2.45, 2.75) is 38.8 Å². The van der Waals surface area contributed by atoms with Crippen molar-refractivity contribution in [1.29, 1.82) is 0 Å². The molecule has 0 atom stereocenters. The molecule has 0 radical (unpaired) electrons. The molecule has 0 saturated carbocycles. The minimum absolute atomic E-state index is 0.401. The number of nitrogens with zero attached hydrogens (tertiary/aromatic N) is 3. The highest BCUT2D eigenvalue weighted by Crippen LogP contribution is 2.16. The predicted molar refractivity (Wildman–Crippen MR) is 75.9 cm³/mol. The number of aryl methyl sites for hydroxylation is 2. The lowest BCUT2D eigenvalue weighted by Gasteiger charge is -2.31. The van der Waals surface area contributed by atoms with E-state index in [9.17, 15) is 0 Å². The fourth-order valence-corrected chi connectivity index (χ4v) is 2.59. The Kier molecular flexibility index (Phi) is 5.36. The van der Waals surface area contributed by atoms with E-state index in [1.165, 1.54) is 11.4 Å². The van der Waals surface area contributed by atoms with E-state index >= 15 is 0 Å². The quantitative estimate of drug-likeness (QED) is 0.832. The molecule has 0 bridgehead atoms. The van der Waals surface area contributed by atoms with Crippen molar-refractivity contribution in [3.05, 3.63) is 17.5 Å². The molecule has 2 N–H and O–H groups in total. The van der Waals surface area contributed by atoms with E-state index in [1.807, 2.05) is 11.7 Å². The van der Waals surface area contributed by atoms with Gasteiger partial charge in [0.1, 0.15) is 0 Å². The summed E-state index contributed by atoms with van der Waals surface area (Å²) in [6.45, 7) is 6.64. The summed E-state index contributed by atoms with van der Waals surface area (Å²) < 4.78 is 7.72. The normalized spacial score (nSPS) is 18.1. The maximum Gasteiger partial charge on any atom is 0.0625 e. The fourth-order valence-electron chi connectivity index (χ4n) is 2.59. The van der Waals surface area contributed by atoms with Gasteiger partial charge in [-0.2, -0.15) is 5.10 Å². The maximum absolute atomic E-state index is 5.71. The Morgan fingerprint density at radius 2 is 2.16 bits per heavy atom. The molecule has 1 aromatic rings. The van der Waals surface area contributed by atoms with Crippen molar-refractivity contribution in [2.75, 3.05) is 26.2 Å². The van der Waals surface area contributed by atoms with Gasteiger partial charge in [-0.3, -0.25) is 9.58 Å². The van der Waals surface area contributed by atoms with Gasteiger partial charge in [-0.1, -0.05) is 6.92 Å². The summed E-state index contributed by atoms with van der Waals surface area (Å²) in [5.41, 5.74) is 7.95. The standard InChI is InChI=1S/C14H26N4O/c1-3-12-10-13(17(2)16-12)11-18-7-4-14(5-8-18)19-9-6-15/h10,14H,3-9,11,15H2,1-2H3. The Morgan fingerprint density at radius 1 is 1.42 bits per heavy atom. The molecule has 1 saturated heterocycles. The van der Waals surface area contributed by atoms with E-state index in [2.05, 4.69) is 23.0 Å². The van der Waals surface area contributed by atoms with E-state index in [4.69, 9.17) is 10.5 Å². The second kappa shape index (κ2) is 7.03. The van der Waals surface area contributed by atoms with E-state index in [0.717, 1.165) is 38.9 Å². The lowest BCUT2D eigenvalue weighted by molar-refractivity contribution is 0.00934. The predicted octanol–water partition coefficient (Wildman–Crippen LogP) is 0.922. The van der Waals surface area contributed by atoms with Crippen molar-refractivity contribution >= 4 is 0 Å². The summed E-state index contributed by atoms with van der Waals surface area (Å²) in [5, 5.41) is 4.50. The molecule has 5 heteroatoms. The van der Waals surface area contributed by atoms with Crippen LogP contribution in [0, 0.1) is 0 Å². The van der Waals surface area contributed by atoms with Crippen molar-refractivity contribution in [2.24, 2.45) is 12.8 Å². The van der Waals surface area contributed by atoms with E-state index in [-0.39, 0.29) is 0 Å². The summed E-state index contributed by atoms with van der Waals surface area (Å²) in [6, 6.07) is 2.22. The highest BCUT2D eigenvalue weighted by Gasteiger charge is 2.20. The van der Waals surface area contributed by atoms with Gasteiger partial charge >= 0.3 is 0 Å². The molecular formula is C14H26N4O. The number of hydrogen-bond acceptors (Lipinski definition) is 4. The summed E-state index contributed by atoms with van der Waals surface area (Å²) >= 11 is 0. The molecule has 5 nitrogen and oxygen atoms in total. The summed E-state index contributed by atoms with van der Waals surface area (Å²) in [5.74, 6) is 0. The number of hydrogen-bond donors (Lipinski definition) is 1. The zero-order valence-electron chi connectivity index (χ0n) is 12.1. The Balaban J connectivity index is 1.80. The maximum atomic E-state index is 5.71. The third kappa shape index (κ3) is 4.03. The lowest BCUT2D eigenvalue weighted by Crippen LogP contribution is -2.37. The summed E-state index contributed by atoms with van der Waals surface area (Å²) in [7, 11) is 2.03. The molecular weight excluding hydrogens is 240 g/mol. The number of ether oxygens (including phenoxy) is 1. The average Bonchev–Trinajstić information content (AvgIpc) is 2.79. The van der Waals surface area contributed by atoms with E-state index < -0.39 is 0 Å². The fraction of sp³-hybridized carbons (Fsp3) is 0.786. The van der Waals surface area contributed by atoms with Gasteiger partial charge in [0.2, 0.25) is 0 Å². The molecule has 1 aliphatic rings. The first-order valence-electron chi connectivity index (χ1n) is 7.28. The minimum Gasteiger partial charge on any atom is -0.377 e. The highest BCUT2D eigenvalue weighted by atomic mass is 16.5. The minimum atomic E-state index is 0.401. The van der Waals surface area contributed by atoms with Crippen LogP contribution in [0.2, 0.25) is 0 Å². The van der Waals surface area contributed by atoms with Crippen LogP contribution in [0.1, 0.15) is 31.2 Å². The molecule has 0 spiro atoms. The lowest BCUT2D eigenvalue weighted by atomic mass is 10.1. The van der Waals surface area contributed by atoms with Gasteiger partial charge in [-0.25, -0.2) is 0 Å². The number of aromatic nitrogens is 2. The number of piperidine rings is 1. The Morgan fingerprint density at radius 3 is 2.74 bits per heavy atom. The highest BCUT2D eigenvalue weighted by molar-refractivity contribution is 5.10. The van der Waals surface area contributed by atoms with Crippen LogP contribution in [0.25, 0.3) is 0 Å². The smallest absolute Gasteiger partial charge is 0.0625 e. The van der Waals surface area contributed by atoms with Crippen LogP contribution in [0.5, 0.6) is 0 Å². The molecule has 0 aromatic carbocycles. The molecule has 108 valence electrons. The second-order valence-electron chi connectivity index (χ2n) is 5.24. The Hall–Kier alpha value is -0.910. The zero-order chi connectivity index (χ0) is 13.7. The molecule has 0 unspecified atom stereocenters. The van der Waals surface area contributed by atoms with Gasteiger partial charge in [-0.05, 0) is 25.3 Å². The van der Waals surface area contributed by atoms with Crippen LogP contribution in [0.4, 0.5) is 0 Å². The van der Waals surface area contributed by atoms with Crippen LogP contribution in [-0.2, 0) is 24.8 Å². The first kappa shape index (κ1) is 14.5. The van der Waals surface area contributed by atoms with Crippen molar-refractivity contribution < 1.29 is 4.74 Å².